The van der Waals surface area contributed by atoms with Crippen LogP contribution in [-0.4, -0.2) is 41.7 Å². The first-order valence-electron chi connectivity index (χ1n) is 10.0. The van der Waals surface area contributed by atoms with Crippen LogP contribution >= 0.6 is 0 Å². The molecular weight excluding hydrogens is 336 g/mol. The van der Waals surface area contributed by atoms with E-state index in [0.29, 0.717) is 17.5 Å². The minimum Gasteiger partial charge on any atom is -0.478 e. The number of rotatable bonds is 7. The van der Waals surface area contributed by atoms with Crippen LogP contribution in [0.1, 0.15) is 46.7 Å². The van der Waals surface area contributed by atoms with Crippen LogP contribution in [0.4, 0.5) is 0 Å². The Morgan fingerprint density at radius 1 is 1.04 bits per heavy atom. The van der Waals surface area contributed by atoms with Crippen molar-refractivity contribution in [2.75, 3.05) is 19.6 Å². The largest absolute Gasteiger partial charge is 0.478 e. The van der Waals surface area contributed by atoms with E-state index in [2.05, 4.69) is 40.5 Å². The number of hydrogen-bond donors (Lipinski definition) is 2. The SMILES string of the molecule is O=C(O)c1ccc([C@@H]2C[C@H]2NCC2CCN(Cc3ccccc3)CC2)cc1. The van der Waals surface area contributed by atoms with Gasteiger partial charge in [-0.3, -0.25) is 4.90 Å². The van der Waals surface area contributed by atoms with Crippen molar-refractivity contribution in [3.63, 3.8) is 0 Å². The summed E-state index contributed by atoms with van der Waals surface area (Å²) in [7, 11) is 0. The molecule has 1 saturated heterocycles. The molecule has 4 heteroatoms. The monoisotopic (exact) mass is 364 g/mol. The minimum absolute atomic E-state index is 0.367. The van der Waals surface area contributed by atoms with Crippen molar-refractivity contribution in [1.82, 2.24) is 10.2 Å². The smallest absolute Gasteiger partial charge is 0.335 e. The Hall–Kier alpha value is -2.17. The maximum Gasteiger partial charge on any atom is 0.335 e. The molecule has 1 heterocycles. The number of carboxylic acids is 1. The number of nitrogens with zero attached hydrogens (tertiary/aromatic N) is 1. The molecule has 1 saturated carbocycles. The molecule has 27 heavy (non-hydrogen) atoms. The predicted molar refractivity (Wildman–Crippen MR) is 107 cm³/mol. The van der Waals surface area contributed by atoms with Gasteiger partial charge in [0.1, 0.15) is 0 Å². The lowest BCUT2D eigenvalue weighted by Gasteiger charge is -2.32. The lowest BCUT2D eigenvalue weighted by molar-refractivity contribution is 0.0697. The van der Waals surface area contributed by atoms with Gasteiger partial charge in [-0.2, -0.15) is 0 Å². The maximum absolute atomic E-state index is 10.9. The minimum atomic E-state index is -0.856. The standard InChI is InChI=1S/C23H28N2O2/c26-23(27)20-8-6-19(7-9-20)21-14-22(21)24-15-17-10-12-25(13-11-17)16-18-4-2-1-3-5-18/h1-9,17,21-22,24H,10-16H2,(H,26,27)/t21-,22+/m0/s1. The number of nitrogens with one attached hydrogen (secondary N) is 1. The van der Waals surface area contributed by atoms with Gasteiger partial charge < -0.3 is 10.4 Å². The summed E-state index contributed by atoms with van der Waals surface area (Å²) in [6.07, 6.45) is 3.70. The molecule has 0 unspecified atom stereocenters. The van der Waals surface area contributed by atoms with E-state index in [1.54, 1.807) is 12.1 Å². The van der Waals surface area contributed by atoms with E-state index in [1.807, 2.05) is 12.1 Å². The molecule has 1 aliphatic carbocycles. The number of carboxylic acid groups (broad SMARTS) is 1. The second-order valence-corrected chi connectivity index (χ2v) is 7.99. The Morgan fingerprint density at radius 3 is 2.41 bits per heavy atom. The van der Waals surface area contributed by atoms with Crippen molar-refractivity contribution in [2.45, 2.75) is 37.8 Å². The van der Waals surface area contributed by atoms with E-state index in [9.17, 15) is 4.79 Å². The molecule has 0 bridgehead atoms. The van der Waals surface area contributed by atoms with Gasteiger partial charge in [0.25, 0.3) is 0 Å². The summed E-state index contributed by atoms with van der Waals surface area (Å²) in [5.41, 5.74) is 3.03. The summed E-state index contributed by atoms with van der Waals surface area (Å²) in [5, 5.41) is 12.7. The second kappa shape index (κ2) is 8.24. The molecule has 0 radical (unpaired) electrons. The van der Waals surface area contributed by atoms with E-state index in [4.69, 9.17) is 5.11 Å². The van der Waals surface area contributed by atoms with Crippen LogP contribution < -0.4 is 5.32 Å². The Bertz CT molecular complexity index is 752. The number of benzene rings is 2. The Labute approximate surface area is 161 Å². The zero-order chi connectivity index (χ0) is 18.6. The highest BCUT2D eigenvalue weighted by Crippen LogP contribution is 2.41. The zero-order valence-corrected chi connectivity index (χ0v) is 15.7. The molecule has 2 atom stereocenters. The molecule has 2 aromatic carbocycles. The summed E-state index contributed by atoms with van der Waals surface area (Å²) in [5.74, 6) is 0.462. The van der Waals surface area contributed by atoms with Crippen LogP contribution in [0.5, 0.6) is 0 Å². The van der Waals surface area contributed by atoms with Crippen molar-refractivity contribution in [3.05, 3.63) is 71.3 Å². The summed E-state index contributed by atoms with van der Waals surface area (Å²) < 4.78 is 0. The molecular formula is C23H28N2O2. The fourth-order valence-electron chi connectivity index (χ4n) is 4.17. The molecule has 2 fully saturated rings. The summed E-state index contributed by atoms with van der Waals surface area (Å²) in [6, 6.07) is 18.7. The third-order valence-electron chi connectivity index (χ3n) is 6.00. The molecule has 2 aliphatic rings. The van der Waals surface area contributed by atoms with Gasteiger partial charge in [0.2, 0.25) is 0 Å². The van der Waals surface area contributed by atoms with Gasteiger partial charge in [-0.05, 0) is 68.1 Å². The second-order valence-electron chi connectivity index (χ2n) is 7.99. The van der Waals surface area contributed by atoms with Gasteiger partial charge in [-0.1, -0.05) is 42.5 Å². The summed E-state index contributed by atoms with van der Waals surface area (Å²) in [4.78, 5) is 13.5. The predicted octanol–water partition coefficient (Wildman–Crippen LogP) is 3.74. The number of hydrogen-bond acceptors (Lipinski definition) is 3. The highest BCUT2D eigenvalue weighted by Gasteiger charge is 2.38. The lowest BCUT2D eigenvalue weighted by atomic mass is 9.96. The van der Waals surface area contributed by atoms with Crippen molar-refractivity contribution in [3.8, 4) is 0 Å². The first-order chi connectivity index (χ1) is 13.2. The van der Waals surface area contributed by atoms with Crippen molar-refractivity contribution in [1.29, 1.82) is 0 Å². The van der Waals surface area contributed by atoms with Crippen LogP contribution in [-0.2, 0) is 6.54 Å². The molecule has 4 rings (SSSR count). The summed E-state index contributed by atoms with van der Waals surface area (Å²) >= 11 is 0. The first kappa shape index (κ1) is 18.2. The molecule has 1 aliphatic heterocycles. The quantitative estimate of drug-likeness (QED) is 0.786. The topological polar surface area (TPSA) is 52.6 Å². The van der Waals surface area contributed by atoms with Gasteiger partial charge in [0.05, 0.1) is 5.56 Å². The highest BCUT2D eigenvalue weighted by molar-refractivity contribution is 5.87. The average molecular weight is 364 g/mol. The molecule has 2 N–H and O–H groups in total. The van der Waals surface area contributed by atoms with Gasteiger partial charge in [-0.15, -0.1) is 0 Å². The van der Waals surface area contributed by atoms with Gasteiger partial charge in [0.15, 0.2) is 0 Å². The first-order valence-corrected chi connectivity index (χ1v) is 10.0. The van der Waals surface area contributed by atoms with Gasteiger partial charge in [0, 0.05) is 18.5 Å². The number of carbonyl (C=O) groups is 1. The Kier molecular flexibility index (Phi) is 5.55. The fourth-order valence-corrected chi connectivity index (χ4v) is 4.17. The zero-order valence-electron chi connectivity index (χ0n) is 15.7. The molecule has 0 aromatic heterocycles. The molecule has 2 aromatic rings. The lowest BCUT2D eigenvalue weighted by Crippen LogP contribution is -2.37. The average Bonchev–Trinajstić information content (AvgIpc) is 3.48. The van der Waals surface area contributed by atoms with Crippen LogP contribution in [0.2, 0.25) is 0 Å². The fraction of sp³-hybridized carbons (Fsp3) is 0.435. The highest BCUT2D eigenvalue weighted by atomic mass is 16.4. The van der Waals surface area contributed by atoms with Crippen LogP contribution in [0.15, 0.2) is 54.6 Å². The van der Waals surface area contributed by atoms with Crippen molar-refractivity contribution in [2.24, 2.45) is 5.92 Å². The van der Waals surface area contributed by atoms with Crippen molar-refractivity contribution >= 4 is 5.97 Å². The molecule has 142 valence electrons. The van der Waals surface area contributed by atoms with E-state index < -0.39 is 5.97 Å². The summed E-state index contributed by atoms with van der Waals surface area (Å²) in [6.45, 7) is 4.55. The Balaban J connectivity index is 1.17. The van der Waals surface area contributed by atoms with E-state index in [-0.39, 0.29) is 0 Å². The molecule has 0 spiro atoms. The normalized spacial score (nSPS) is 23.3. The Morgan fingerprint density at radius 2 is 1.74 bits per heavy atom. The maximum atomic E-state index is 10.9. The third-order valence-corrected chi connectivity index (χ3v) is 6.00. The van der Waals surface area contributed by atoms with Gasteiger partial charge >= 0.3 is 5.97 Å². The number of likely N-dealkylation sites (tertiary alicyclic amines) is 1. The van der Waals surface area contributed by atoms with Crippen LogP contribution in [0.25, 0.3) is 0 Å². The van der Waals surface area contributed by atoms with Crippen molar-refractivity contribution < 1.29 is 9.90 Å². The van der Waals surface area contributed by atoms with Gasteiger partial charge in [-0.25, -0.2) is 4.79 Å². The van der Waals surface area contributed by atoms with Crippen LogP contribution in [0, 0.1) is 5.92 Å². The number of aromatic carboxylic acids is 1. The van der Waals surface area contributed by atoms with E-state index in [0.717, 1.165) is 19.0 Å². The third kappa shape index (κ3) is 4.76. The molecule has 4 nitrogen and oxygen atoms in total. The van der Waals surface area contributed by atoms with Crippen LogP contribution in [0.3, 0.4) is 0 Å². The van der Waals surface area contributed by atoms with E-state index in [1.165, 1.54) is 43.5 Å². The van der Waals surface area contributed by atoms with E-state index >= 15 is 0 Å². The molecule has 0 amide bonds. The number of piperidine rings is 1.